The molecular formula is C25H34N6O4S. The minimum atomic E-state index is -0.473. The van der Waals surface area contributed by atoms with E-state index in [0.29, 0.717) is 45.7 Å². The van der Waals surface area contributed by atoms with E-state index < -0.39 is 5.54 Å². The molecule has 2 heterocycles. The average Bonchev–Trinajstić information content (AvgIpc) is 2.81. The fourth-order valence-electron chi connectivity index (χ4n) is 4.14. The van der Waals surface area contributed by atoms with Crippen LogP contribution in [0.4, 0.5) is 22.1 Å². The van der Waals surface area contributed by atoms with Crippen LogP contribution < -0.4 is 24.8 Å². The summed E-state index contributed by atoms with van der Waals surface area (Å²) in [5.41, 5.74) is 1.17. The summed E-state index contributed by atoms with van der Waals surface area (Å²) >= 11 is 4.47. The Morgan fingerprint density at radius 1 is 0.972 bits per heavy atom. The average molecular weight is 515 g/mol. The van der Waals surface area contributed by atoms with E-state index in [2.05, 4.69) is 59.2 Å². The van der Waals surface area contributed by atoms with Crippen molar-refractivity contribution in [2.75, 3.05) is 32.0 Å². The number of benzene rings is 1. The number of pyridine rings is 1. The Hall–Kier alpha value is -3.47. The summed E-state index contributed by atoms with van der Waals surface area (Å²) in [6.45, 7) is 10.3. The van der Waals surface area contributed by atoms with Crippen LogP contribution in [0.1, 0.15) is 41.0 Å². The van der Waals surface area contributed by atoms with Crippen LogP contribution in [0.5, 0.6) is 17.2 Å². The summed E-state index contributed by atoms with van der Waals surface area (Å²) in [7, 11) is 4.64. The van der Waals surface area contributed by atoms with Gasteiger partial charge in [0.2, 0.25) is 5.75 Å². The van der Waals surface area contributed by atoms with Gasteiger partial charge in [-0.25, -0.2) is 19.7 Å². The van der Waals surface area contributed by atoms with Gasteiger partial charge >= 0.3 is 6.03 Å². The summed E-state index contributed by atoms with van der Waals surface area (Å²) in [6, 6.07) is 6.58. The largest absolute Gasteiger partial charge is 0.493 e. The summed E-state index contributed by atoms with van der Waals surface area (Å²) in [5, 5.41) is 5.98. The van der Waals surface area contributed by atoms with E-state index in [0.717, 1.165) is 6.42 Å². The number of methoxy groups -OCH3 is 3. The number of carbonyl (C=O) groups is 1. The van der Waals surface area contributed by atoms with Gasteiger partial charge in [0, 0.05) is 17.8 Å². The molecule has 36 heavy (non-hydrogen) atoms. The molecule has 0 fully saturated rings. The van der Waals surface area contributed by atoms with Crippen molar-refractivity contribution in [3.63, 3.8) is 0 Å². The Labute approximate surface area is 217 Å². The molecule has 3 aromatic rings. The SMILES string of the molecule is COc1cc(Nc2cnc3ccc(NC(=O)N(S)C(C)(C)CC(C)(C)C)nc3n2)cc(OC)c1OC. The lowest BCUT2D eigenvalue weighted by molar-refractivity contribution is 0.173. The van der Waals surface area contributed by atoms with Crippen LogP contribution in [0.3, 0.4) is 0 Å². The van der Waals surface area contributed by atoms with Gasteiger partial charge in [0.15, 0.2) is 23.0 Å². The minimum Gasteiger partial charge on any atom is -0.493 e. The first-order valence-corrected chi connectivity index (χ1v) is 11.8. The first-order chi connectivity index (χ1) is 16.9. The molecule has 0 atom stereocenters. The maximum absolute atomic E-state index is 12.9. The van der Waals surface area contributed by atoms with Gasteiger partial charge in [-0.2, -0.15) is 0 Å². The molecule has 194 valence electrons. The molecule has 11 heteroatoms. The molecule has 0 unspecified atom stereocenters. The predicted molar refractivity (Wildman–Crippen MR) is 145 cm³/mol. The summed E-state index contributed by atoms with van der Waals surface area (Å²) < 4.78 is 17.6. The molecule has 2 amide bonds. The van der Waals surface area contributed by atoms with E-state index in [4.69, 9.17) is 14.2 Å². The molecule has 0 bridgehead atoms. The number of nitrogens with zero attached hydrogens (tertiary/aromatic N) is 4. The van der Waals surface area contributed by atoms with E-state index >= 15 is 0 Å². The molecule has 0 saturated carbocycles. The van der Waals surface area contributed by atoms with Gasteiger partial charge in [0.25, 0.3) is 0 Å². The Balaban J connectivity index is 1.82. The number of amides is 2. The van der Waals surface area contributed by atoms with Crippen LogP contribution in [-0.4, -0.2) is 52.2 Å². The van der Waals surface area contributed by atoms with Gasteiger partial charge in [-0.05, 0) is 37.8 Å². The fraction of sp³-hybridized carbons (Fsp3) is 0.440. The number of fused-ring (bicyclic) bond motifs is 1. The zero-order valence-corrected chi connectivity index (χ0v) is 22.9. The molecule has 0 aliphatic heterocycles. The lowest BCUT2D eigenvalue weighted by Crippen LogP contribution is -2.45. The molecule has 0 aliphatic rings. The van der Waals surface area contributed by atoms with E-state index in [1.165, 1.54) is 4.31 Å². The van der Waals surface area contributed by atoms with Crippen LogP contribution in [-0.2, 0) is 0 Å². The highest BCUT2D eigenvalue weighted by atomic mass is 32.1. The standard InChI is InChI=1S/C25H34N6O4S/c1-24(2,3)14-25(4,5)31(36)23(32)30-19-10-9-16-22(28-19)29-20(13-26-16)27-15-11-17(33-6)21(35-8)18(12-15)34-7/h9-13,36H,14H2,1-8H3,(H2,27,28,29,30,32). The summed E-state index contributed by atoms with van der Waals surface area (Å²) in [5.74, 6) is 2.29. The first kappa shape index (κ1) is 27.1. The lowest BCUT2D eigenvalue weighted by atomic mass is 9.82. The second kappa shape index (κ2) is 10.7. The Kier molecular flexibility index (Phi) is 8.02. The number of urea groups is 1. The van der Waals surface area contributed by atoms with Crippen LogP contribution in [0, 0.1) is 5.41 Å². The third-order valence-corrected chi connectivity index (χ3v) is 6.03. The molecule has 2 aromatic heterocycles. The normalized spacial score (nSPS) is 11.7. The molecule has 3 rings (SSSR count). The number of hydrogen-bond acceptors (Lipinski definition) is 9. The van der Waals surface area contributed by atoms with E-state index in [9.17, 15) is 4.79 Å². The van der Waals surface area contributed by atoms with Crippen molar-refractivity contribution in [3.8, 4) is 17.2 Å². The topological polar surface area (TPSA) is 111 Å². The monoisotopic (exact) mass is 514 g/mol. The number of rotatable bonds is 8. The third-order valence-electron chi connectivity index (χ3n) is 5.31. The number of ether oxygens (including phenoxy) is 3. The van der Waals surface area contributed by atoms with Crippen LogP contribution in [0.25, 0.3) is 11.2 Å². The molecule has 0 aliphatic carbocycles. The fourth-order valence-corrected chi connectivity index (χ4v) is 4.26. The van der Waals surface area contributed by atoms with Gasteiger partial charge in [-0.1, -0.05) is 33.6 Å². The van der Waals surface area contributed by atoms with Crippen LogP contribution >= 0.6 is 12.8 Å². The van der Waals surface area contributed by atoms with E-state index in [-0.39, 0.29) is 11.4 Å². The molecule has 0 saturated heterocycles. The van der Waals surface area contributed by atoms with Crippen molar-refractivity contribution >= 4 is 47.3 Å². The highest BCUT2D eigenvalue weighted by Crippen LogP contribution is 2.40. The summed E-state index contributed by atoms with van der Waals surface area (Å²) in [6.07, 6.45) is 2.36. The molecule has 10 nitrogen and oxygen atoms in total. The van der Waals surface area contributed by atoms with Crippen LogP contribution in [0.15, 0.2) is 30.5 Å². The zero-order chi connectivity index (χ0) is 26.7. The minimum absolute atomic E-state index is 0.0306. The van der Waals surface area contributed by atoms with E-state index in [1.807, 2.05) is 13.8 Å². The second-order valence-corrected chi connectivity index (χ2v) is 10.5. The smallest absolute Gasteiger partial charge is 0.333 e. The van der Waals surface area contributed by atoms with Crippen molar-refractivity contribution in [2.45, 2.75) is 46.6 Å². The maximum Gasteiger partial charge on any atom is 0.333 e. The van der Waals surface area contributed by atoms with Gasteiger partial charge < -0.3 is 19.5 Å². The van der Waals surface area contributed by atoms with Crippen molar-refractivity contribution in [1.82, 2.24) is 19.3 Å². The molecule has 2 N–H and O–H groups in total. The zero-order valence-electron chi connectivity index (χ0n) is 22.0. The Morgan fingerprint density at radius 2 is 1.58 bits per heavy atom. The number of hydrogen-bond donors (Lipinski definition) is 3. The molecule has 0 radical (unpaired) electrons. The van der Waals surface area contributed by atoms with Crippen molar-refractivity contribution in [3.05, 3.63) is 30.5 Å². The van der Waals surface area contributed by atoms with Gasteiger partial charge in [-0.3, -0.25) is 9.62 Å². The van der Waals surface area contributed by atoms with Gasteiger partial charge in [0.05, 0.1) is 33.1 Å². The van der Waals surface area contributed by atoms with Gasteiger partial charge in [-0.15, -0.1) is 0 Å². The highest BCUT2D eigenvalue weighted by Gasteiger charge is 2.33. The van der Waals surface area contributed by atoms with Gasteiger partial charge in [0.1, 0.15) is 11.3 Å². The van der Waals surface area contributed by atoms with Crippen molar-refractivity contribution < 1.29 is 19.0 Å². The molecule has 1 aromatic carbocycles. The quantitative estimate of drug-likeness (QED) is 0.329. The highest BCUT2D eigenvalue weighted by molar-refractivity contribution is 7.78. The molecule has 0 spiro atoms. The Bertz CT molecular complexity index is 1220. The van der Waals surface area contributed by atoms with E-state index in [1.54, 1.807) is 51.8 Å². The number of anilines is 3. The predicted octanol–water partition coefficient (Wildman–Crippen LogP) is 5.69. The maximum atomic E-state index is 12.9. The first-order valence-electron chi connectivity index (χ1n) is 11.4. The third kappa shape index (κ3) is 6.39. The van der Waals surface area contributed by atoms with Crippen molar-refractivity contribution in [2.24, 2.45) is 5.41 Å². The molecular weight excluding hydrogens is 480 g/mol. The number of aromatic nitrogens is 3. The lowest BCUT2D eigenvalue weighted by Gasteiger charge is -2.38. The number of carbonyl (C=O) groups excluding carboxylic acids is 1. The Morgan fingerprint density at radius 3 is 2.14 bits per heavy atom. The number of nitrogens with one attached hydrogen (secondary N) is 2. The van der Waals surface area contributed by atoms with Crippen LogP contribution in [0.2, 0.25) is 0 Å². The number of thiol groups is 1. The summed E-state index contributed by atoms with van der Waals surface area (Å²) in [4.78, 5) is 26.3. The second-order valence-electron chi connectivity index (χ2n) is 10.1. The van der Waals surface area contributed by atoms with Crippen molar-refractivity contribution in [1.29, 1.82) is 0 Å².